The van der Waals surface area contributed by atoms with E-state index in [9.17, 15) is 14.4 Å². The maximum Gasteiger partial charge on any atom is 0.407 e. The van der Waals surface area contributed by atoms with Crippen LogP contribution in [0.3, 0.4) is 0 Å². The molecule has 55 heavy (non-hydrogen) atoms. The third-order valence-electron chi connectivity index (χ3n) is 9.53. The minimum absolute atomic E-state index is 0.00585. The molecule has 2 aliphatic carbocycles. The van der Waals surface area contributed by atoms with E-state index in [1.807, 2.05) is 37.3 Å². The van der Waals surface area contributed by atoms with Gasteiger partial charge in [0.2, 0.25) is 0 Å². The molecule has 0 fully saturated rings. The van der Waals surface area contributed by atoms with Gasteiger partial charge in [0.05, 0.1) is 52.9 Å². The molecule has 3 atom stereocenters. The molecule has 0 radical (unpaired) electrons. The van der Waals surface area contributed by atoms with Crippen LogP contribution >= 0.6 is 0 Å². The molecular weight excluding hydrogens is 708 g/mol. The lowest BCUT2D eigenvalue weighted by Gasteiger charge is -2.17. The average molecular weight is 765 g/mol. The summed E-state index contributed by atoms with van der Waals surface area (Å²) in [6, 6.07) is 16.4. The zero-order valence-corrected chi connectivity index (χ0v) is 32.4. The summed E-state index contributed by atoms with van der Waals surface area (Å²) in [6.45, 7) is 10.6. The van der Waals surface area contributed by atoms with Crippen LogP contribution in [-0.4, -0.2) is 115 Å². The third-order valence-corrected chi connectivity index (χ3v) is 9.53. The Bertz CT molecular complexity index is 1650. The van der Waals surface area contributed by atoms with Gasteiger partial charge in [0.25, 0.3) is 0 Å². The van der Waals surface area contributed by atoms with E-state index in [2.05, 4.69) is 61.7 Å². The summed E-state index contributed by atoms with van der Waals surface area (Å²) in [5, 5.41) is 14.4. The number of amides is 2. The zero-order chi connectivity index (χ0) is 39.4. The molecule has 0 aliphatic heterocycles. The summed E-state index contributed by atoms with van der Waals surface area (Å²) in [5.74, 6) is -1.05. The summed E-state index contributed by atoms with van der Waals surface area (Å²) in [5.41, 5.74) is 9.66. The molecule has 0 heterocycles. The van der Waals surface area contributed by atoms with Crippen LogP contribution in [0.4, 0.5) is 9.59 Å². The van der Waals surface area contributed by atoms with E-state index in [0.717, 1.165) is 6.42 Å². The van der Waals surface area contributed by atoms with E-state index in [4.69, 9.17) is 38.3 Å². The number of nitrogens with one attached hydrogen (secondary N) is 2. The van der Waals surface area contributed by atoms with Gasteiger partial charge in [0.1, 0.15) is 25.9 Å². The fourth-order valence-corrected chi connectivity index (χ4v) is 6.72. The van der Waals surface area contributed by atoms with Gasteiger partial charge in [-0.1, -0.05) is 73.2 Å². The normalized spacial score (nSPS) is 16.7. The molecule has 2 aromatic rings. The maximum absolute atomic E-state index is 12.4. The Morgan fingerprint density at radius 2 is 1.27 bits per heavy atom. The molecule has 13 heteroatoms. The highest BCUT2D eigenvalue weighted by molar-refractivity contribution is 5.81. The van der Waals surface area contributed by atoms with Gasteiger partial charge in [-0.05, 0) is 66.2 Å². The number of benzene rings is 2. The number of allylic oxidation sites excluding steroid dienone is 4. The molecule has 3 N–H and O–H groups in total. The number of aliphatic carboxylic acids is 1. The molecule has 0 aromatic heterocycles. The van der Waals surface area contributed by atoms with Gasteiger partial charge in [-0.15, -0.1) is 0 Å². The van der Waals surface area contributed by atoms with Crippen LogP contribution in [0.2, 0.25) is 0 Å². The van der Waals surface area contributed by atoms with Gasteiger partial charge in [-0.2, -0.15) is 0 Å². The first-order valence-corrected chi connectivity index (χ1v) is 18.9. The molecule has 13 nitrogen and oxygen atoms in total. The lowest BCUT2D eigenvalue weighted by Crippen LogP contribution is -2.31. The number of carbonyl (C=O) groups is 3. The van der Waals surface area contributed by atoms with Crippen LogP contribution in [-0.2, 0) is 38.0 Å². The Labute approximate surface area is 324 Å². The number of alkyl carbamates (subject to hydrolysis) is 2. The van der Waals surface area contributed by atoms with Crippen LogP contribution < -0.4 is 10.6 Å². The standard InChI is InChI=1S/C42H56N2O11/c1-5-11-34-32(6-2)35-13-9-10-15-37(35)39(34)27-55-42(48)44-17-19-50-21-23-52-25-31(53-28-40(45)46)24-51-22-20-49-18-16-43-41(47)54-26-38-30(4)29(3)33-12-7-8-14-36(33)38/h5,7-15,31,38-39H,6,16-28H2,1-4H3,(H,43,47)(H,44,48)(H,45,46)/b11-5-. The van der Waals surface area contributed by atoms with Crippen molar-refractivity contribution >= 4 is 29.3 Å². The van der Waals surface area contributed by atoms with Crippen molar-refractivity contribution in [3.63, 3.8) is 0 Å². The van der Waals surface area contributed by atoms with E-state index in [1.165, 1.54) is 44.5 Å². The first-order chi connectivity index (χ1) is 26.7. The second kappa shape index (κ2) is 23.4. The van der Waals surface area contributed by atoms with Gasteiger partial charge < -0.3 is 48.9 Å². The first-order valence-electron chi connectivity index (χ1n) is 18.9. The highest BCUT2D eigenvalue weighted by Gasteiger charge is 2.30. The van der Waals surface area contributed by atoms with Crippen LogP contribution in [0.1, 0.15) is 68.2 Å². The van der Waals surface area contributed by atoms with Crippen molar-refractivity contribution in [2.24, 2.45) is 0 Å². The fraction of sp³-hybridized carbons (Fsp3) is 0.500. The van der Waals surface area contributed by atoms with Gasteiger partial charge >= 0.3 is 18.2 Å². The quantitative estimate of drug-likeness (QED) is 0.100. The topological polar surface area (TPSA) is 160 Å². The molecule has 0 bridgehead atoms. The Balaban J connectivity index is 1.00. The molecule has 300 valence electrons. The largest absolute Gasteiger partial charge is 0.480 e. The highest BCUT2D eigenvalue weighted by Crippen LogP contribution is 2.44. The van der Waals surface area contributed by atoms with Crippen LogP contribution in [0.25, 0.3) is 11.1 Å². The lowest BCUT2D eigenvalue weighted by atomic mass is 9.96. The van der Waals surface area contributed by atoms with E-state index >= 15 is 0 Å². The summed E-state index contributed by atoms with van der Waals surface area (Å²) in [6.07, 6.45) is 3.40. The molecule has 4 rings (SSSR count). The highest BCUT2D eigenvalue weighted by atomic mass is 16.6. The monoisotopic (exact) mass is 764 g/mol. The Hall–Kier alpha value is -4.53. The van der Waals surface area contributed by atoms with E-state index in [1.54, 1.807) is 0 Å². The molecule has 3 unspecified atom stereocenters. The molecule has 0 spiro atoms. The number of hydrogen-bond donors (Lipinski definition) is 3. The minimum atomic E-state index is -1.10. The van der Waals surface area contributed by atoms with Crippen molar-refractivity contribution in [2.75, 3.05) is 85.8 Å². The number of fused-ring (bicyclic) bond motifs is 2. The number of ether oxygens (including phenoxy) is 7. The maximum atomic E-state index is 12.4. The smallest absolute Gasteiger partial charge is 0.407 e. The molecule has 0 saturated carbocycles. The average Bonchev–Trinajstić information content (AvgIpc) is 3.62. The molecule has 2 aromatic carbocycles. The van der Waals surface area contributed by atoms with Gasteiger partial charge in [0, 0.05) is 24.9 Å². The van der Waals surface area contributed by atoms with Crippen LogP contribution in [0.15, 0.2) is 71.8 Å². The van der Waals surface area contributed by atoms with Crippen molar-refractivity contribution in [3.8, 4) is 0 Å². The van der Waals surface area contributed by atoms with Gasteiger partial charge in [-0.3, -0.25) is 0 Å². The van der Waals surface area contributed by atoms with Crippen molar-refractivity contribution in [3.05, 3.63) is 94.1 Å². The first kappa shape index (κ1) is 43.2. The number of hydrogen-bond acceptors (Lipinski definition) is 10. The van der Waals surface area contributed by atoms with Crippen molar-refractivity contribution in [1.82, 2.24) is 10.6 Å². The molecule has 2 aliphatic rings. The Kier molecular flexibility index (Phi) is 18.4. The van der Waals surface area contributed by atoms with Crippen LogP contribution in [0.5, 0.6) is 0 Å². The number of carbonyl (C=O) groups excluding carboxylic acids is 2. The minimum Gasteiger partial charge on any atom is -0.480 e. The number of carboxylic acids is 1. The van der Waals surface area contributed by atoms with Crippen LogP contribution in [0, 0.1) is 0 Å². The predicted molar refractivity (Wildman–Crippen MR) is 208 cm³/mol. The molecule has 2 amide bonds. The Morgan fingerprint density at radius 1 is 0.745 bits per heavy atom. The summed E-state index contributed by atoms with van der Waals surface area (Å²) >= 11 is 0. The summed E-state index contributed by atoms with van der Waals surface area (Å²) in [7, 11) is 0. The second-order valence-corrected chi connectivity index (χ2v) is 13.1. The fourth-order valence-electron chi connectivity index (χ4n) is 6.72. The van der Waals surface area contributed by atoms with E-state index in [-0.39, 0.29) is 91.0 Å². The third kappa shape index (κ3) is 13.3. The van der Waals surface area contributed by atoms with E-state index < -0.39 is 30.9 Å². The predicted octanol–water partition coefficient (Wildman–Crippen LogP) is 6.10. The SMILES string of the molecule is C/C=C\C1=C(CC)c2ccccc2C1COC(=O)NCCOCCOCC(COCCOCCNC(=O)OCC1C(C)=C(C)c2ccccc21)OCC(=O)O. The van der Waals surface area contributed by atoms with Gasteiger partial charge in [-0.25, -0.2) is 14.4 Å². The summed E-state index contributed by atoms with van der Waals surface area (Å²) < 4.78 is 38.7. The van der Waals surface area contributed by atoms with Crippen molar-refractivity contribution in [1.29, 1.82) is 0 Å². The summed E-state index contributed by atoms with van der Waals surface area (Å²) in [4.78, 5) is 35.7. The molecular formula is C42H56N2O11. The van der Waals surface area contributed by atoms with Gasteiger partial charge in [0.15, 0.2) is 0 Å². The second-order valence-electron chi connectivity index (χ2n) is 13.1. The Morgan fingerprint density at radius 3 is 1.84 bits per heavy atom. The van der Waals surface area contributed by atoms with E-state index in [0.29, 0.717) is 0 Å². The van der Waals surface area contributed by atoms with Crippen molar-refractivity contribution < 1.29 is 52.6 Å². The molecule has 0 saturated heterocycles. The van der Waals surface area contributed by atoms with Crippen molar-refractivity contribution in [2.45, 2.75) is 52.1 Å². The number of rotatable bonds is 25. The number of carboxylic acid groups (broad SMARTS) is 1. The lowest BCUT2D eigenvalue weighted by molar-refractivity contribution is -0.148. The zero-order valence-electron chi connectivity index (χ0n) is 32.4.